The molecule has 2 rings (SSSR count). The summed E-state index contributed by atoms with van der Waals surface area (Å²) in [5.41, 5.74) is 0.423. The minimum atomic E-state index is -0.142. The van der Waals surface area contributed by atoms with Crippen molar-refractivity contribution in [1.82, 2.24) is 10.3 Å². The molecule has 1 amide bonds. The first kappa shape index (κ1) is 15.8. The van der Waals surface area contributed by atoms with E-state index in [0.717, 1.165) is 17.2 Å². The highest BCUT2D eigenvalue weighted by Gasteiger charge is 2.26. The maximum atomic E-state index is 12.6. The van der Waals surface area contributed by atoms with Gasteiger partial charge in [0.15, 0.2) is 0 Å². The Hall–Kier alpha value is -1.61. The second-order valence-corrected chi connectivity index (χ2v) is 6.63. The molecular weight excluding hydrogens is 284 g/mol. The second kappa shape index (κ2) is 6.44. The summed E-state index contributed by atoms with van der Waals surface area (Å²) in [5.74, 6) is 0.377. The Morgan fingerprint density at radius 1 is 1.29 bits per heavy atom. The molecule has 21 heavy (non-hydrogen) atoms. The van der Waals surface area contributed by atoms with Crippen LogP contribution in [0.2, 0.25) is 0 Å². The number of fused-ring (bicyclic) bond motifs is 1. The van der Waals surface area contributed by atoms with Gasteiger partial charge in [-0.15, -0.1) is 11.6 Å². The molecule has 0 saturated heterocycles. The smallest absolute Gasteiger partial charge is 0.270 e. The molecule has 1 aromatic carbocycles. The molecule has 0 bridgehead atoms. The lowest BCUT2D eigenvalue weighted by Gasteiger charge is -2.31. The van der Waals surface area contributed by atoms with E-state index in [4.69, 9.17) is 11.6 Å². The fourth-order valence-corrected chi connectivity index (χ4v) is 2.58. The Labute approximate surface area is 130 Å². The third kappa shape index (κ3) is 3.73. The first-order chi connectivity index (χ1) is 9.93. The highest BCUT2D eigenvalue weighted by molar-refractivity contribution is 6.17. The van der Waals surface area contributed by atoms with Crippen LogP contribution in [-0.2, 0) is 0 Å². The van der Waals surface area contributed by atoms with Gasteiger partial charge >= 0.3 is 0 Å². The molecule has 112 valence electrons. The summed E-state index contributed by atoms with van der Waals surface area (Å²) >= 11 is 5.86. The molecule has 0 aliphatic carbocycles. The third-order valence-electron chi connectivity index (χ3n) is 3.64. The van der Waals surface area contributed by atoms with E-state index in [1.165, 1.54) is 0 Å². The summed E-state index contributed by atoms with van der Waals surface area (Å²) < 4.78 is 0. The van der Waals surface area contributed by atoms with Gasteiger partial charge in [0.1, 0.15) is 5.69 Å². The average molecular weight is 305 g/mol. The van der Waals surface area contributed by atoms with E-state index in [0.29, 0.717) is 11.6 Å². The molecule has 4 heteroatoms. The molecule has 2 aromatic rings. The number of halogens is 1. The number of pyridine rings is 1. The quantitative estimate of drug-likeness (QED) is 0.867. The van der Waals surface area contributed by atoms with Crippen molar-refractivity contribution < 1.29 is 4.79 Å². The summed E-state index contributed by atoms with van der Waals surface area (Å²) in [5, 5.41) is 4.97. The lowest BCUT2D eigenvalue weighted by Crippen LogP contribution is -2.44. The van der Waals surface area contributed by atoms with Crippen LogP contribution in [0.1, 0.15) is 37.7 Å². The van der Waals surface area contributed by atoms with Gasteiger partial charge in [0.25, 0.3) is 5.91 Å². The first-order valence-corrected chi connectivity index (χ1v) is 7.67. The summed E-state index contributed by atoms with van der Waals surface area (Å²) in [4.78, 5) is 16.8. The summed E-state index contributed by atoms with van der Waals surface area (Å²) in [6, 6.07) is 9.70. The molecule has 0 radical (unpaired) electrons. The number of alkyl halides is 1. The van der Waals surface area contributed by atoms with Crippen LogP contribution in [0.15, 0.2) is 36.5 Å². The van der Waals surface area contributed by atoms with Crippen LogP contribution in [0.4, 0.5) is 0 Å². The minimum Gasteiger partial charge on any atom is -0.347 e. The first-order valence-electron chi connectivity index (χ1n) is 7.14. The summed E-state index contributed by atoms with van der Waals surface area (Å²) in [6.07, 6.45) is 2.41. The molecule has 1 atom stereocenters. The van der Waals surface area contributed by atoms with Gasteiger partial charge in [0, 0.05) is 23.5 Å². The predicted octanol–water partition coefficient (Wildman–Crippen LogP) is 4.01. The standard InChI is InChI=1S/C17H21ClN2O/c1-17(2,3)14(8-10-18)20-16(21)15-13-7-5-4-6-12(13)9-11-19-15/h4-7,9,11,14H,8,10H2,1-3H3,(H,20,21). The van der Waals surface area contributed by atoms with Crippen molar-refractivity contribution in [3.63, 3.8) is 0 Å². The molecule has 1 aromatic heterocycles. The van der Waals surface area contributed by atoms with Crippen molar-refractivity contribution >= 4 is 28.3 Å². The maximum Gasteiger partial charge on any atom is 0.270 e. The Morgan fingerprint density at radius 3 is 2.67 bits per heavy atom. The van der Waals surface area contributed by atoms with Gasteiger partial charge in [-0.05, 0) is 23.3 Å². The lowest BCUT2D eigenvalue weighted by molar-refractivity contribution is 0.0897. The van der Waals surface area contributed by atoms with Crippen molar-refractivity contribution in [2.24, 2.45) is 5.41 Å². The van der Waals surface area contributed by atoms with E-state index in [1.54, 1.807) is 6.20 Å². The molecule has 0 fully saturated rings. The van der Waals surface area contributed by atoms with Gasteiger partial charge in [0.05, 0.1) is 0 Å². The number of nitrogens with zero attached hydrogens (tertiary/aromatic N) is 1. The molecule has 0 saturated carbocycles. The Bertz CT molecular complexity index is 629. The molecular formula is C17H21ClN2O. The summed E-state index contributed by atoms with van der Waals surface area (Å²) in [7, 11) is 0. The van der Waals surface area contributed by atoms with Gasteiger partial charge in [0.2, 0.25) is 0 Å². The number of benzene rings is 1. The number of rotatable bonds is 4. The zero-order valence-corrected chi connectivity index (χ0v) is 13.4. The van der Waals surface area contributed by atoms with Gasteiger partial charge in [-0.25, -0.2) is 0 Å². The summed E-state index contributed by atoms with van der Waals surface area (Å²) in [6.45, 7) is 6.29. The van der Waals surface area contributed by atoms with E-state index in [2.05, 4.69) is 31.1 Å². The van der Waals surface area contributed by atoms with E-state index in [9.17, 15) is 4.79 Å². The van der Waals surface area contributed by atoms with Crippen LogP contribution >= 0.6 is 11.6 Å². The molecule has 1 N–H and O–H groups in total. The van der Waals surface area contributed by atoms with Crippen LogP contribution < -0.4 is 5.32 Å². The highest BCUT2D eigenvalue weighted by atomic mass is 35.5. The van der Waals surface area contributed by atoms with E-state index in [-0.39, 0.29) is 17.4 Å². The zero-order valence-electron chi connectivity index (χ0n) is 12.7. The van der Waals surface area contributed by atoms with Crippen molar-refractivity contribution in [2.45, 2.75) is 33.2 Å². The largest absolute Gasteiger partial charge is 0.347 e. The fourth-order valence-electron chi connectivity index (χ4n) is 2.36. The van der Waals surface area contributed by atoms with E-state index < -0.39 is 0 Å². The van der Waals surface area contributed by atoms with E-state index in [1.807, 2.05) is 30.3 Å². The van der Waals surface area contributed by atoms with Crippen LogP contribution in [-0.4, -0.2) is 22.8 Å². The monoisotopic (exact) mass is 304 g/mol. The molecule has 0 spiro atoms. The Morgan fingerprint density at radius 2 is 2.00 bits per heavy atom. The number of hydrogen-bond donors (Lipinski definition) is 1. The Balaban J connectivity index is 2.30. The number of aromatic nitrogens is 1. The number of carbonyl (C=O) groups is 1. The van der Waals surface area contributed by atoms with Gasteiger partial charge in [-0.2, -0.15) is 0 Å². The van der Waals surface area contributed by atoms with Crippen LogP contribution in [0.25, 0.3) is 10.8 Å². The van der Waals surface area contributed by atoms with Crippen molar-refractivity contribution in [3.05, 3.63) is 42.2 Å². The lowest BCUT2D eigenvalue weighted by atomic mass is 9.85. The molecule has 1 unspecified atom stereocenters. The number of hydrogen-bond acceptors (Lipinski definition) is 2. The maximum absolute atomic E-state index is 12.6. The van der Waals surface area contributed by atoms with Gasteiger partial charge < -0.3 is 5.32 Å². The molecule has 3 nitrogen and oxygen atoms in total. The van der Waals surface area contributed by atoms with Gasteiger partial charge in [-0.1, -0.05) is 45.0 Å². The van der Waals surface area contributed by atoms with E-state index >= 15 is 0 Å². The second-order valence-electron chi connectivity index (χ2n) is 6.25. The van der Waals surface area contributed by atoms with Crippen LogP contribution in [0.3, 0.4) is 0 Å². The number of nitrogens with one attached hydrogen (secondary N) is 1. The predicted molar refractivity (Wildman–Crippen MR) is 87.8 cm³/mol. The topological polar surface area (TPSA) is 42.0 Å². The average Bonchev–Trinajstić information content (AvgIpc) is 2.45. The normalized spacial score (nSPS) is 13.1. The van der Waals surface area contributed by atoms with Crippen LogP contribution in [0.5, 0.6) is 0 Å². The SMILES string of the molecule is CC(C)(C)C(CCCl)NC(=O)c1nccc2ccccc12. The minimum absolute atomic E-state index is 0.0169. The fraction of sp³-hybridized carbons (Fsp3) is 0.412. The zero-order chi connectivity index (χ0) is 15.5. The molecule has 0 aliphatic rings. The van der Waals surface area contributed by atoms with Crippen LogP contribution in [0, 0.1) is 5.41 Å². The highest BCUT2D eigenvalue weighted by Crippen LogP contribution is 2.23. The number of amides is 1. The van der Waals surface area contributed by atoms with Crippen molar-refractivity contribution in [1.29, 1.82) is 0 Å². The molecule has 0 aliphatic heterocycles. The molecule has 1 heterocycles. The third-order valence-corrected chi connectivity index (χ3v) is 3.86. The van der Waals surface area contributed by atoms with Crippen molar-refractivity contribution in [3.8, 4) is 0 Å². The number of carbonyl (C=O) groups excluding carboxylic acids is 1. The van der Waals surface area contributed by atoms with Crippen molar-refractivity contribution in [2.75, 3.05) is 5.88 Å². The Kier molecular flexibility index (Phi) is 4.84. The van der Waals surface area contributed by atoms with Gasteiger partial charge in [-0.3, -0.25) is 9.78 Å².